The van der Waals surface area contributed by atoms with Gasteiger partial charge in [0.25, 0.3) is 0 Å². The number of urea groups is 1. The van der Waals surface area contributed by atoms with Crippen LogP contribution in [0.5, 0.6) is 11.5 Å². The third kappa shape index (κ3) is 3.11. The van der Waals surface area contributed by atoms with E-state index in [1.165, 1.54) is 0 Å². The zero-order valence-electron chi connectivity index (χ0n) is 14.1. The van der Waals surface area contributed by atoms with Crippen LogP contribution in [-0.2, 0) is 13.1 Å². The number of amides is 2. The molecule has 2 aliphatic heterocycles. The van der Waals surface area contributed by atoms with Gasteiger partial charge in [0.1, 0.15) is 17.8 Å². The summed E-state index contributed by atoms with van der Waals surface area (Å²) in [6, 6.07) is 5.58. The largest absolute Gasteiger partial charge is 0.494 e. The molecule has 0 spiro atoms. The highest BCUT2D eigenvalue weighted by atomic mass is 16.5. The number of hydrogen-bond acceptors (Lipinski definition) is 5. The minimum absolute atomic E-state index is 0.0866. The summed E-state index contributed by atoms with van der Waals surface area (Å²) in [6.45, 7) is 4.97. The molecule has 0 aliphatic carbocycles. The van der Waals surface area contributed by atoms with Crippen molar-refractivity contribution in [2.45, 2.75) is 32.5 Å². The van der Waals surface area contributed by atoms with E-state index in [1.807, 2.05) is 29.7 Å². The second-order valence-electron chi connectivity index (χ2n) is 6.13. The number of fused-ring (bicyclic) bond motifs is 2. The first-order valence-corrected chi connectivity index (χ1v) is 8.56. The maximum Gasteiger partial charge on any atom is 0.318 e. The first-order valence-electron chi connectivity index (χ1n) is 8.56. The monoisotopic (exact) mass is 343 g/mol. The average Bonchev–Trinajstić information content (AvgIpc) is 3.10. The van der Waals surface area contributed by atoms with Crippen LogP contribution in [0.2, 0.25) is 0 Å². The molecule has 0 fully saturated rings. The molecule has 132 valence electrons. The zero-order chi connectivity index (χ0) is 17.2. The SMILES string of the molecule is CCOc1ccc2c(c1)C(NC(=O)N1CCn3cnnc3C1)CCO2. The van der Waals surface area contributed by atoms with Gasteiger partial charge in [-0.1, -0.05) is 0 Å². The summed E-state index contributed by atoms with van der Waals surface area (Å²) in [5.41, 5.74) is 0.964. The number of ether oxygens (including phenoxy) is 2. The Labute approximate surface area is 145 Å². The summed E-state index contributed by atoms with van der Waals surface area (Å²) in [5, 5.41) is 11.1. The van der Waals surface area contributed by atoms with Gasteiger partial charge in [-0.05, 0) is 25.1 Å². The van der Waals surface area contributed by atoms with E-state index in [2.05, 4.69) is 15.5 Å². The molecule has 2 amide bonds. The number of hydrogen-bond donors (Lipinski definition) is 1. The quantitative estimate of drug-likeness (QED) is 0.918. The van der Waals surface area contributed by atoms with Crippen molar-refractivity contribution in [3.8, 4) is 11.5 Å². The van der Waals surface area contributed by atoms with Crippen LogP contribution in [0.25, 0.3) is 0 Å². The molecule has 1 N–H and O–H groups in total. The van der Waals surface area contributed by atoms with Crippen molar-refractivity contribution in [1.82, 2.24) is 25.0 Å². The molecule has 25 heavy (non-hydrogen) atoms. The minimum Gasteiger partial charge on any atom is -0.494 e. The van der Waals surface area contributed by atoms with Crippen LogP contribution in [0.1, 0.15) is 30.8 Å². The van der Waals surface area contributed by atoms with Crippen LogP contribution in [0.15, 0.2) is 24.5 Å². The third-order valence-corrected chi connectivity index (χ3v) is 4.56. The van der Waals surface area contributed by atoms with Crippen molar-refractivity contribution in [1.29, 1.82) is 0 Å². The van der Waals surface area contributed by atoms with Gasteiger partial charge in [-0.2, -0.15) is 0 Å². The maximum absolute atomic E-state index is 12.7. The fraction of sp³-hybridized carbons (Fsp3) is 0.471. The number of aromatic nitrogens is 3. The summed E-state index contributed by atoms with van der Waals surface area (Å²) in [4.78, 5) is 14.5. The van der Waals surface area contributed by atoms with Gasteiger partial charge in [0.2, 0.25) is 0 Å². The third-order valence-electron chi connectivity index (χ3n) is 4.56. The molecule has 3 heterocycles. The van der Waals surface area contributed by atoms with Crippen molar-refractivity contribution in [3.05, 3.63) is 35.9 Å². The lowest BCUT2D eigenvalue weighted by atomic mass is 10.0. The van der Waals surface area contributed by atoms with Crippen LogP contribution in [0.4, 0.5) is 4.79 Å². The second kappa shape index (κ2) is 6.62. The molecule has 0 saturated carbocycles. The number of nitrogens with one attached hydrogen (secondary N) is 1. The van der Waals surface area contributed by atoms with Crippen LogP contribution < -0.4 is 14.8 Å². The van der Waals surface area contributed by atoms with E-state index in [9.17, 15) is 4.79 Å². The lowest BCUT2D eigenvalue weighted by molar-refractivity contribution is 0.172. The highest BCUT2D eigenvalue weighted by Gasteiger charge is 2.27. The predicted molar refractivity (Wildman–Crippen MR) is 89.4 cm³/mol. The molecule has 2 aromatic rings. The van der Waals surface area contributed by atoms with E-state index in [0.717, 1.165) is 29.3 Å². The van der Waals surface area contributed by atoms with Gasteiger partial charge in [0, 0.05) is 25.1 Å². The number of carbonyl (C=O) groups excluding carboxylic acids is 1. The highest BCUT2D eigenvalue weighted by Crippen LogP contribution is 2.35. The van der Waals surface area contributed by atoms with E-state index in [-0.39, 0.29) is 12.1 Å². The maximum atomic E-state index is 12.7. The van der Waals surface area contributed by atoms with Gasteiger partial charge in [-0.15, -0.1) is 10.2 Å². The Balaban J connectivity index is 1.48. The lowest BCUT2D eigenvalue weighted by Gasteiger charge is -2.32. The van der Waals surface area contributed by atoms with E-state index in [1.54, 1.807) is 11.2 Å². The smallest absolute Gasteiger partial charge is 0.318 e. The molecule has 0 radical (unpaired) electrons. The molecule has 8 nitrogen and oxygen atoms in total. The number of carbonyl (C=O) groups is 1. The zero-order valence-corrected chi connectivity index (χ0v) is 14.1. The number of rotatable bonds is 3. The Morgan fingerprint density at radius 3 is 3.24 bits per heavy atom. The van der Waals surface area contributed by atoms with Crippen molar-refractivity contribution in [2.75, 3.05) is 19.8 Å². The van der Waals surface area contributed by atoms with Gasteiger partial charge in [-0.3, -0.25) is 0 Å². The normalized spacial score (nSPS) is 18.8. The summed E-state index contributed by atoms with van der Waals surface area (Å²) < 4.78 is 13.3. The van der Waals surface area contributed by atoms with Crippen molar-refractivity contribution >= 4 is 6.03 Å². The fourth-order valence-corrected chi connectivity index (χ4v) is 3.26. The summed E-state index contributed by atoms with van der Waals surface area (Å²) in [6.07, 6.45) is 2.44. The van der Waals surface area contributed by atoms with Gasteiger partial charge >= 0.3 is 6.03 Å². The first kappa shape index (κ1) is 15.7. The topological polar surface area (TPSA) is 81.5 Å². The van der Waals surface area contributed by atoms with Crippen molar-refractivity contribution in [2.24, 2.45) is 0 Å². The predicted octanol–water partition coefficient (Wildman–Crippen LogP) is 1.73. The fourth-order valence-electron chi connectivity index (χ4n) is 3.26. The van der Waals surface area contributed by atoms with Gasteiger partial charge in [0.15, 0.2) is 5.82 Å². The molecule has 0 bridgehead atoms. The van der Waals surface area contributed by atoms with Gasteiger partial charge in [0.05, 0.1) is 25.8 Å². The Morgan fingerprint density at radius 2 is 2.36 bits per heavy atom. The van der Waals surface area contributed by atoms with Gasteiger partial charge in [-0.25, -0.2) is 4.79 Å². The standard InChI is InChI=1S/C17H21N5O3/c1-2-24-12-3-4-15-13(9-12)14(5-8-25-15)19-17(23)21-6-7-22-11-18-20-16(22)10-21/h3-4,9,11,14H,2,5-8,10H2,1H3,(H,19,23). The van der Waals surface area contributed by atoms with Crippen LogP contribution in [-0.4, -0.2) is 45.5 Å². The van der Waals surface area contributed by atoms with Crippen molar-refractivity contribution < 1.29 is 14.3 Å². The van der Waals surface area contributed by atoms with E-state index in [0.29, 0.717) is 32.8 Å². The number of benzene rings is 1. The van der Waals surface area contributed by atoms with E-state index in [4.69, 9.17) is 9.47 Å². The Morgan fingerprint density at radius 1 is 1.44 bits per heavy atom. The van der Waals surface area contributed by atoms with E-state index < -0.39 is 0 Å². The van der Waals surface area contributed by atoms with E-state index >= 15 is 0 Å². The Bertz CT molecular complexity index is 775. The van der Waals surface area contributed by atoms with Crippen LogP contribution in [0, 0.1) is 0 Å². The molecule has 2 aliphatic rings. The van der Waals surface area contributed by atoms with Crippen LogP contribution in [0.3, 0.4) is 0 Å². The Kier molecular flexibility index (Phi) is 4.17. The molecule has 1 unspecified atom stereocenters. The molecule has 1 atom stereocenters. The molecule has 4 rings (SSSR count). The lowest BCUT2D eigenvalue weighted by Crippen LogP contribution is -2.46. The summed E-state index contributed by atoms with van der Waals surface area (Å²) >= 11 is 0. The molecular weight excluding hydrogens is 322 g/mol. The average molecular weight is 343 g/mol. The minimum atomic E-state index is -0.0890. The molecular formula is C17H21N5O3. The van der Waals surface area contributed by atoms with Gasteiger partial charge < -0.3 is 24.3 Å². The highest BCUT2D eigenvalue weighted by molar-refractivity contribution is 5.75. The van der Waals surface area contributed by atoms with Crippen LogP contribution >= 0.6 is 0 Å². The molecule has 1 aromatic carbocycles. The second-order valence-corrected chi connectivity index (χ2v) is 6.13. The summed E-state index contributed by atoms with van der Waals surface area (Å²) in [5.74, 6) is 2.41. The van der Waals surface area contributed by atoms with Crippen molar-refractivity contribution in [3.63, 3.8) is 0 Å². The number of nitrogens with zero attached hydrogens (tertiary/aromatic N) is 4. The molecule has 0 saturated heterocycles. The Hall–Kier alpha value is -2.77. The molecule has 8 heteroatoms. The molecule has 1 aromatic heterocycles. The summed E-state index contributed by atoms with van der Waals surface area (Å²) in [7, 11) is 0. The first-order chi connectivity index (χ1) is 12.2.